The second kappa shape index (κ2) is 5.32. The molecule has 0 aliphatic heterocycles. The standard InChI is InChI=1S/C14H22O/c1-5-6-10-15-14(3,4)13-9-7-8-12(2)11-13/h7-9,11H,5-6,10H2,1-4H3. The SMILES string of the molecule is CCCCOC(C)(C)c1cccc(C)c1. The first-order valence-corrected chi connectivity index (χ1v) is 5.77. The van der Waals surface area contributed by atoms with Crippen LogP contribution in [0.4, 0.5) is 0 Å². The van der Waals surface area contributed by atoms with Crippen LogP contribution in [0.3, 0.4) is 0 Å². The summed E-state index contributed by atoms with van der Waals surface area (Å²) in [5.41, 5.74) is 2.39. The van der Waals surface area contributed by atoms with E-state index in [1.807, 2.05) is 0 Å². The van der Waals surface area contributed by atoms with Crippen molar-refractivity contribution in [1.82, 2.24) is 0 Å². The van der Waals surface area contributed by atoms with Gasteiger partial charge in [0.1, 0.15) is 0 Å². The van der Waals surface area contributed by atoms with E-state index in [-0.39, 0.29) is 5.60 Å². The van der Waals surface area contributed by atoms with Crippen molar-refractivity contribution in [2.75, 3.05) is 6.61 Å². The average Bonchev–Trinajstić information content (AvgIpc) is 2.18. The van der Waals surface area contributed by atoms with Gasteiger partial charge in [0.25, 0.3) is 0 Å². The smallest absolute Gasteiger partial charge is 0.0875 e. The number of benzene rings is 1. The van der Waals surface area contributed by atoms with Crippen LogP contribution in [-0.4, -0.2) is 6.61 Å². The second-order valence-electron chi connectivity index (χ2n) is 4.58. The van der Waals surface area contributed by atoms with Crippen molar-refractivity contribution in [1.29, 1.82) is 0 Å². The van der Waals surface area contributed by atoms with Crippen LogP contribution < -0.4 is 0 Å². The van der Waals surface area contributed by atoms with Crippen molar-refractivity contribution in [2.45, 2.75) is 46.1 Å². The molecule has 1 nitrogen and oxygen atoms in total. The van der Waals surface area contributed by atoms with Gasteiger partial charge in [0.05, 0.1) is 5.60 Å². The molecule has 0 fully saturated rings. The quantitative estimate of drug-likeness (QED) is 0.660. The maximum Gasteiger partial charge on any atom is 0.0875 e. The monoisotopic (exact) mass is 206 g/mol. The van der Waals surface area contributed by atoms with Crippen molar-refractivity contribution < 1.29 is 4.74 Å². The van der Waals surface area contributed by atoms with E-state index >= 15 is 0 Å². The highest BCUT2D eigenvalue weighted by atomic mass is 16.5. The summed E-state index contributed by atoms with van der Waals surface area (Å²) >= 11 is 0. The Morgan fingerprint density at radius 1 is 1.27 bits per heavy atom. The van der Waals surface area contributed by atoms with Crippen LogP contribution in [-0.2, 0) is 10.3 Å². The summed E-state index contributed by atoms with van der Waals surface area (Å²) in [5, 5.41) is 0. The number of hydrogen-bond donors (Lipinski definition) is 0. The fraction of sp³-hybridized carbons (Fsp3) is 0.571. The lowest BCUT2D eigenvalue weighted by Crippen LogP contribution is -2.22. The zero-order valence-corrected chi connectivity index (χ0v) is 10.3. The van der Waals surface area contributed by atoms with Crippen LogP contribution in [0.25, 0.3) is 0 Å². The Labute approximate surface area is 93.5 Å². The first kappa shape index (κ1) is 12.3. The predicted molar refractivity (Wildman–Crippen MR) is 65.1 cm³/mol. The number of ether oxygens (including phenoxy) is 1. The molecule has 15 heavy (non-hydrogen) atoms. The minimum Gasteiger partial charge on any atom is -0.371 e. The van der Waals surface area contributed by atoms with Crippen molar-refractivity contribution in [3.63, 3.8) is 0 Å². The molecule has 0 amide bonds. The molecule has 0 saturated carbocycles. The van der Waals surface area contributed by atoms with Crippen LogP contribution >= 0.6 is 0 Å². The van der Waals surface area contributed by atoms with Gasteiger partial charge in [0.2, 0.25) is 0 Å². The van der Waals surface area contributed by atoms with Gasteiger partial charge in [-0.15, -0.1) is 0 Å². The molecule has 0 saturated heterocycles. The lowest BCUT2D eigenvalue weighted by Gasteiger charge is -2.26. The van der Waals surface area contributed by atoms with E-state index in [1.165, 1.54) is 17.5 Å². The van der Waals surface area contributed by atoms with E-state index in [2.05, 4.69) is 52.0 Å². The molecule has 1 rings (SSSR count). The van der Waals surface area contributed by atoms with Crippen molar-refractivity contribution in [3.05, 3.63) is 35.4 Å². The molecule has 0 aliphatic carbocycles. The lowest BCUT2D eigenvalue weighted by atomic mass is 9.96. The van der Waals surface area contributed by atoms with Crippen molar-refractivity contribution in [2.24, 2.45) is 0 Å². The number of unbranched alkanes of at least 4 members (excludes halogenated alkanes) is 1. The predicted octanol–water partition coefficient (Wildman–Crippen LogP) is 4.05. The topological polar surface area (TPSA) is 9.23 Å². The van der Waals surface area contributed by atoms with Gasteiger partial charge in [0, 0.05) is 6.61 Å². The molecule has 0 unspecified atom stereocenters. The number of rotatable bonds is 5. The van der Waals surface area contributed by atoms with Crippen LogP contribution in [0, 0.1) is 6.92 Å². The molecule has 0 bridgehead atoms. The van der Waals surface area contributed by atoms with E-state index in [0.29, 0.717) is 0 Å². The van der Waals surface area contributed by atoms with Gasteiger partial charge in [-0.2, -0.15) is 0 Å². The number of aryl methyl sites for hydroxylation is 1. The first-order chi connectivity index (χ1) is 7.06. The number of hydrogen-bond acceptors (Lipinski definition) is 1. The molecule has 0 spiro atoms. The fourth-order valence-electron chi connectivity index (χ4n) is 1.57. The molecule has 0 aliphatic rings. The van der Waals surface area contributed by atoms with Crippen LogP contribution in [0.2, 0.25) is 0 Å². The van der Waals surface area contributed by atoms with Gasteiger partial charge in [-0.1, -0.05) is 43.2 Å². The lowest BCUT2D eigenvalue weighted by molar-refractivity contribution is -0.0229. The molecule has 1 aromatic rings. The third-order valence-electron chi connectivity index (χ3n) is 2.67. The fourth-order valence-corrected chi connectivity index (χ4v) is 1.57. The Balaban J connectivity index is 2.67. The minimum absolute atomic E-state index is 0.165. The summed E-state index contributed by atoms with van der Waals surface area (Å²) in [6.45, 7) is 9.42. The first-order valence-electron chi connectivity index (χ1n) is 5.77. The largest absolute Gasteiger partial charge is 0.371 e. The van der Waals surface area contributed by atoms with Gasteiger partial charge in [-0.05, 0) is 32.8 Å². The maximum absolute atomic E-state index is 5.91. The summed E-state index contributed by atoms with van der Waals surface area (Å²) in [5.74, 6) is 0. The van der Waals surface area contributed by atoms with Gasteiger partial charge in [0.15, 0.2) is 0 Å². The molecule has 84 valence electrons. The van der Waals surface area contributed by atoms with E-state index in [9.17, 15) is 0 Å². The Bertz CT molecular complexity index is 302. The van der Waals surface area contributed by atoms with Crippen LogP contribution in [0.5, 0.6) is 0 Å². The highest BCUT2D eigenvalue weighted by molar-refractivity contribution is 5.26. The third kappa shape index (κ3) is 3.67. The van der Waals surface area contributed by atoms with Crippen molar-refractivity contribution >= 4 is 0 Å². The third-order valence-corrected chi connectivity index (χ3v) is 2.67. The van der Waals surface area contributed by atoms with E-state index in [0.717, 1.165) is 13.0 Å². The minimum atomic E-state index is -0.165. The van der Waals surface area contributed by atoms with E-state index in [4.69, 9.17) is 4.74 Å². The highest BCUT2D eigenvalue weighted by Crippen LogP contribution is 2.25. The summed E-state index contributed by atoms with van der Waals surface area (Å²) in [7, 11) is 0. The molecule has 1 heteroatoms. The molecular formula is C14H22O. The van der Waals surface area contributed by atoms with E-state index in [1.54, 1.807) is 0 Å². The maximum atomic E-state index is 5.91. The molecule has 1 aromatic carbocycles. The zero-order chi connectivity index (χ0) is 11.3. The Hall–Kier alpha value is -0.820. The molecule has 0 atom stereocenters. The zero-order valence-electron chi connectivity index (χ0n) is 10.3. The normalized spacial score (nSPS) is 11.7. The molecule has 0 radical (unpaired) electrons. The van der Waals surface area contributed by atoms with Gasteiger partial charge < -0.3 is 4.74 Å². The highest BCUT2D eigenvalue weighted by Gasteiger charge is 2.20. The van der Waals surface area contributed by atoms with Crippen LogP contribution in [0.15, 0.2) is 24.3 Å². The van der Waals surface area contributed by atoms with Gasteiger partial charge in [-0.3, -0.25) is 0 Å². The van der Waals surface area contributed by atoms with E-state index < -0.39 is 0 Å². The molecule has 0 aromatic heterocycles. The summed E-state index contributed by atoms with van der Waals surface area (Å²) < 4.78 is 5.91. The summed E-state index contributed by atoms with van der Waals surface area (Å²) in [6, 6.07) is 8.55. The van der Waals surface area contributed by atoms with Crippen LogP contribution in [0.1, 0.15) is 44.7 Å². The van der Waals surface area contributed by atoms with Gasteiger partial charge >= 0.3 is 0 Å². The summed E-state index contributed by atoms with van der Waals surface area (Å²) in [6.07, 6.45) is 2.32. The summed E-state index contributed by atoms with van der Waals surface area (Å²) in [4.78, 5) is 0. The Morgan fingerprint density at radius 3 is 2.60 bits per heavy atom. The second-order valence-corrected chi connectivity index (χ2v) is 4.58. The molecular weight excluding hydrogens is 184 g/mol. The van der Waals surface area contributed by atoms with Crippen molar-refractivity contribution in [3.8, 4) is 0 Å². The molecule has 0 heterocycles. The Morgan fingerprint density at radius 2 is 2.00 bits per heavy atom. The molecule has 0 N–H and O–H groups in total. The van der Waals surface area contributed by atoms with Gasteiger partial charge in [-0.25, -0.2) is 0 Å². The average molecular weight is 206 g/mol. The Kier molecular flexibility index (Phi) is 4.34.